The zero-order chi connectivity index (χ0) is 17.4. The van der Waals surface area contributed by atoms with E-state index in [-0.39, 0.29) is 11.7 Å². The van der Waals surface area contributed by atoms with Gasteiger partial charge in [0.2, 0.25) is 6.29 Å². The van der Waals surface area contributed by atoms with Crippen LogP contribution in [0.3, 0.4) is 0 Å². The lowest BCUT2D eigenvalue weighted by molar-refractivity contribution is -0.0119. The Kier molecular flexibility index (Phi) is 4.10. The van der Waals surface area contributed by atoms with Crippen molar-refractivity contribution in [3.63, 3.8) is 0 Å². The first-order valence-electron chi connectivity index (χ1n) is 8.80. The molecule has 0 amide bonds. The van der Waals surface area contributed by atoms with E-state index in [1.165, 1.54) is 22.4 Å². The molecule has 2 aromatic rings. The first-order chi connectivity index (χ1) is 12.0. The summed E-state index contributed by atoms with van der Waals surface area (Å²) < 4.78 is 11.2. The van der Waals surface area contributed by atoms with Crippen molar-refractivity contribution in [3.05, 3.63) is 59.6 Å². The Bertz CT molecular complexity index is 822. The Labute approximate surface area is 148 Å². The largest absolute Gasteiger partial charge is 0.364 e. The van der Waals surface area contributed by atoms with E-state index >= 15 is 0 Å². The zero-order valence-electron chi connectivity index (χ0n) is 15.0. The van der Waals surface area contributed by atoms with Gasteiger partial charge in [0.05, 0.1) is 18.9 Å². The Hall–Kier alpha value is -2.17. The highest BCUT2D eigenvalue weighted by Gasteiger charge is 2.34. The first kappa shape index (κ1) is 16.3. The van der Waals surface area contributed by atoms with E-state index in [0.29, 0.717) is 13.2 Å². The maximum absolute atomic E-state index is 5.61. The standard InChI is InChI=1S/C21H24N2O2/c1-14-4-6-15(7-5-14)16-8-9-22-17(16)12-19-21(2,3)13-18(23-19)20-24-10-11-25-20/h4-9,13,20,22H,10-12H2,1-3H3. The van der Waals surface area contributed by atoms with Crippen LogP contribution >= 0.6 is 0 Å². The Morgan fingerprint density at radius 2 is 1.84 bits per heavy atom. The van der Waals surface area contributed by atoms with Gasteiger partial charge in [0.1, 0.15) is 0 Å². The van der Waals surface area contributed by atoms with Gasteiger partial charge in [-0.2, -0.15) is 0 Å². The number of nitrogens with zero attached hydrogens (tertiary/aromatic N) is 1. The number of aryl methyl sites for hydroxylation is 1. The minimum Gasteiger partial charge on any atom is -0.364 e. The molecule has 1 saturated heterocycles. The van der Waals surface area contributed by atoms with Gasteiger partial charge >= 0.3 is 0 Å². The molecule has 0 unspecified atom stereocenters. The van der Waals surface area contributed by atoms with E-state index in [2.05, 4.69) is 62.2 Å². The third kappa shape index (κ3) is 3.20. The number of allylic oxidation sites excluding steroid dienone is 1. The Morgan fingerprint density at radius 3 is 2.56 bits per heavy atom. The van der Waals surface area contributed by atoms with E-state index in [9.17, 15) is 0 Å². The monoisotopic (exact) mass is 336 g/mol. The topological polar surface area (TPSA) is 46.6 Å². The Balaban J connectivity index is 1.60. The highest BCUT2D eigenvalue weighted by molar-refractivity contribution is 5.96. The number of aliphatic imine (C=N–C) groups is 1. The van der Waals surface area contributed by atoms with Crippen LogP contribution in [0.5, 0.6) is 0 Å². The lowest BCUT2D eigenvalue weighted by atomic mass is 9.85. The molecular formula is C21H24N2O2. The second kappa shape index (κ2) is 6.28. The summed E-state index contributed by atoms with van der Waals surface area (Å²) in [5.74, 6) is 0. The lowest BCUT2D eigenvalue weighted by Gasteiger charge is -2.18. The maximum Gasteiger partial charge on any atom is 0.200 e. The number of ether oxygens (including phenoxy) is 2. The van der Waals surface area contributed by atoms with Crippen molar-refractivity contribution in [2.75, 3.05) is 13.2 Å². The first-order valence-corrected chi connectivity index (χ1v) is 8.80. The van der Waals surface area contributed by atoms with Crippen LogP contribution < -0.4 is 0 Å². The van der Waals surface area contributed by atoms with E-state index in [1.54, 1.807) is 0 Å². The van der Waals surface area contributed by atoms with E-state index in [1.807, 2.05) is 6.20 Å². The molecule has 1 aromatic carbocycles. The predicted molar refractivity (Wildman–Crippen MR) is 99.7 cm³/mol. The van der Waals surface area contributed by atoms with Crippen molar-refractivity contribution in [1.82, 2.24) is 4.98 Å². The van der Waals surface area contributed by atoms with Gasteiger partial charge in [-0.3, -0.25) is 4.99 Å². The van der Waals surface area contributed by atoms with Crippen molar-refractivity contribution < 1.29 is 9.47 Å². The van der Waals surface area contributed by atoms with Crippen molar-refractivity contribution in [2.24, 2.45) is 10.4 Å². The smallest absolute Gasteiger partial charge is 0.200 e. The molecule has 0 atom stereocenters. The van der Waals surface area contributed by atoms with Crippen molar-refractivity contribution >= 4 is 5.71 Å². The minimum atomic E-state index is -0.308. The van der Waals surface area contributed by atoms with Crippen molar-refractivity contribution in [2.45, 2.75) is 33.5 Å². The quantitative estimate of drug-likeness (QED) is 0.906. The fourth-order valence-electron chi connectivity index (χ4n) is 3.42. The third-order valence-corrected chi connectivity index (χ3v) is 4.92. The number of hydrogen-bond donors (Lipinski definition) is 1. The summed E-state index contributed by atoms with van der Waals surface area (Å²) in [5.41, 5.74) is 6.87. The second-order valence-electron chi connectivity index (χ2n) is 7.34. The highest BCUT2D eigenvalue weighted by Crippen LogP contribution is 2.35. The number of aromatic amines is 1. The van der Waals surface area contributed by atoms with E-state index < -0.39 is 0 Å². The fourth-order valence-corrected chi connectivity index (χ4v) is 3.42. The van der Waals surface area contributed by atoms with Gasteiger partial charge in [-0.15, -0.1) is 0 Å². The number of hydrogen-bond acceptors (Lipinski definition) is 3. The average molecular weight is 336 g/mol. The summed E-state index contributed by atoms with van der Waals surface area (Å²) in [6.45, 7) is 7.78. The third-order valence-electron chi connectivity index (χ3n) is 4.92. The van der Waals surface area contributed by atoms with Crippen LogP contribution in [0, 0.1) is 12.3 Å². The maximum atomic E-state index is 5.61. The number of rotatable bonds is 4. The van der Waals surface area contributed by atoms with Crippen molar-refractivity contribution in [3.8, 4) is 11.1 Å². The number of nitrogens with one attached hydrogen (secondary N) is 1. The molecule has 4 heteroatoms. The lowest BCUT2D eigenvalue weighted by Crippen LogP contribution is -2.21. The highest BCUT2D eigenvalue weighted by atomic mass is 16.7. The summed E-state index contributed by atoms with van der Waals surface area (Å²) in [6.07, 6.45) is 4.66. The van der Waals surface area contributed by atoms with Gasteiger partial charge in [0.15, 0.2) is 0 Å². The van der Waals surface area contributed by atoms with Gasteiger partial charge in [0.25, 0.3) is 0 Å². The molecule has 0 bridgehead atoms. The van der Waals surface area contributed by atoms with Crippen LogP contribution in [0.1, 0.15) is 25.1 Å². The summed E-state index contributed by atoms with van der Waals surface area (Å²) in [7, 11) is 0. The number of aromatic nitrogens is 1. The summed E-state index contributed by atoms with van der Waals surface area (Å²) in [6, 6.07) is 10.8. The van der Waals surface area contributed by atoms with Gasteiger partial charge in [0, 0.05) is 35.0 Å². The fraction of sp³-hybridized carbons (Fsp3) is 0.381. The summed E-state index contributed by atoms with van der Waals surface area (Å²) >= 11 is 0. The molecule has 130 valence electrons. The van der Waals surface area contributed by atoms with Crippen LogP contribution in [0.25, 0.3) is 11.1 Å². The minimum absolute atomic E-state index is 0.0969. The molecule has 4 nitrogen and oxygen atoms in total. The van der Waals surface area contributed by atoms with Crippen LogP contribution in [0.15, 0.2) is 53.3 Å². The molecule has 0 aliphatic carbocycles. The van der Waals surface area contributed by atoms with Crippen LogP contribution in [-0.2, 0) is 15.9 Å². The normalized spacial score (nSPS) is 20.0. The molecule has 3 heterocycles. The average Bonchev–Trinajstić information content (AvgIpc) is 3.30. The van der Waals surface area contributed by atoms with Crippen LogP contribution in [0.2, 0.25) is 0 Å². The molecule has 4 rings (SSSR count). The van der Waals surface area contributed by atoms with Gasteiger partial charge < -0.3 is 14.5 Å². The van der Waals surface area contributed by atoms with Crippen LogP contribution in [0.4, 0.5) is 0 Å². The number of benzene rings is 1. The predicted octanol–water partition coefficient (Wildman–Crippen LogP) is 4.27. The van der Waals surface area contributed by atoms with Crippen molar-refractivity contribution in [1.29, 1.82) is 0 Å². The summed E-state index contributed by atoms with van der Waals surface area (Å²) in [5, 5.41) is 0. The molecule has 0 radical (unpaired) electrons. The second-order valence-corrected chi connectivity index (χ2v) is 7.34. The molecule has 2 aliphatic rings. The molecule has 2 aliphatic heterocycles. The number of H-pyrrole nitrogens is 1. The Morgan fingerprint density at radius 1 is 1.12 bits per heavy atom. The molecular weight excluding hydrogens is 312 g/mol. The van der Waals surface area contributed by atoms with Gasteiger partial charge in [-0.1, -0.05) is 43.7 Å². The van der Waals surface area contributed by atoms with Gasteiger partial charge in [-0.05, 0) is 24.6 Å². The van der Waals surface area contributed by atoms with Crippen LogP contribution in [-0.4, -0.2) is 30.2 Å². The van der Waals surface area contributed by atoms with Gasteiger partial charge in [-0.25, -0.2) is 0 Å². The van der Waals surface area contributed by atoms with E-state index in [0.717, 1.165) is 17.8 Å². The molecule has 1 N–H and O–H groups in total. The SMILES string of the molecule is Cc1ccc(-c2cc[nH]c2CC2=NC(C3OCCO3)=CC2(C)C)cc1. The molecule has 0 saturated carbocycles. The molecule has 25 heavy (non-hydrogen) atoms. The molecule has 1 aromatic heterocycles. The summed E-state index contributed by atoms with van der Waals surface area (Å²) in [4.78, 5) is 8.26. The zero-order valence-corrected chi connectivity index (χ0v) is 15.0. The molecule has 1 fully saturated rings. The van der Waals surface area contributed by atoms with E-state index in [4.69, 9.17) is 14.5 Å². The molecule has 0 spiro atoms.